The Bertz CT molecular complexity index is 616. The molecule has 0 atom stereocenters. The van der Waals surface area contributed by atoms with Gasteiger partial charge in [-0.1, -0.05) is 48.2 Å². The van der Waals surface area contributed by atoms with Crippen molar-refractivity contribution < 1.29 is 5.11 Å². The molecule has 112 valence electrons. The van der Waals surface area contributed by atoms with E-state index < -0.39 is 0 Å². The minimum Gasteiger partial charge on any atom is -0.391 e. The van der Waals surface area contributed by atoms with E-state index >= 15 is 0 Å². The van der Waals surface area contributed by atoms with Crippen LogP contribution in [0.3, 0.4) is 0 Å². The fourth-order valence-electron chi connectivity index (χ4n) is 3.04. The van der Waals surface area contributed by atoms with Gasteiger partial charge in [0.1, 0.15) is 5.15 Å². The zero-order valence-electron chi connectivity index (χ0n) is 11.7. The molecule has 0 radical (unpaired) electrons. The molecule has 0 spiro atoms. The predicted octanol–water partition coefficient (Wildman–Crippen LogP) is 4.39. The van der Waals surface area contributed by atoms with E-state index in [2.05, 4.69) is 5.10 Å². The number of aliphatic hydroxyl groups is 1. The summed E-state index contributed by atoms with van der Waals surface area (Å²) >= 11 is 12.3. The second-order valence-corrected chi connectivity index (χ2v) is 6.37. The lowest BCUT2D eigenvalue weighted by Gasteiger charge is -2.06. The topological polar surface area (TPSA) is 38.1 Å². The third-order valence-electron chi connectivity index (χ3n) is 4.16. The number of aromatic nitrogens is 2. The first kappa shape index (κ1) is 14.9. The Morgan fingerprint density at radius 1 is 1.14 bits per heavy atom. The summed E-state index contributed by atoms with van der Waals surface area (Å²) in [5.74, 6) is 0.441. The lowest BCUT2D eigenvalue weighted by atomic mass is 10.0. The molecule has 1 aliphatic carbocycles. The molecule has 1 aromatic carbocycles. The van der Waals surface area contributed by atoms with Gasteiger partial charge in [0.2, 0.25) is 0 Å². The first-order chi connectivity index (χ1) is 10.2. The first-order valence-corrected chi connectivity index (χ1v) is 8.05. The highest BCUT2D eigenvalue weighted by molar-refractivity contribution is 6.30. The highest BCUT2D eigenvalue weighted by atomic mass is 35.5. The van der Waals surface area contributed by atoms with Gasteiger partial charge in [-0.25, -0.2) is 4.68 Å². The Balaban J connectivity index is 1.89. The maximum absolute atomic E-state index is 9.62. The maximum Gasteiger partial charge on any atom is 0.133 e. The smallest absolute Gasteiger partial charge is 0.133 e. The molecule has 0 saturated heterocycles. The van der Waals surface area contributed by atoms with Crippen LogP contribution < -0.4 is 0 Å². The first-order valence-electron chi connectivity index (χ1n) is 7.29. The summed E-state index contributed by atoms with van der Waals surface area (Å²) < 4.78 is 1.78. The van der Waals surface area contributed by atoms with Crippen molar-refractivity contribution in [3.05, 3.63) is 51.3 Å². The molecule has 1 fully saturated rings. The van der Waals surface area contributed by atoms with Crippen molar-refractivity contribution in [2.45, 2.75) is 44.8 Å². The lowest BCUT2D eigenvalue weighted by molar-refractivity contribution is 0.280. The molecule has 1 saturated carbocycles. The number of aliphatic hydroxyl groups excluding tert-OH is 1. The largest absolute Gasteiger partial charge is 0.391 e. The Kier molecular flexibility index (Phi) is 4.53. The van der Waals surface area contributed by atoms with Gasteiger partial charge < -0.3 is 5.11 Å². The molecule has 1 aromatic heterocycles. The summed E-state index contributed by atoms with van der Waals surface area (Å²) in [6.45, 7) is 0.543. The Labute approximate surface area is 134 Å². The number of hydrogen-bond donors (Lipinski definition) is 1. The highest BCUT2D eigenvalue weighted by Crippen LogP contribution is 2.37. The number of rotatable bonds is 4. The van der Waals surface area contributed by atoms with Crippen molar-refractivity contribution >= 4 is 23.2 Å². The van der Waals surface area contributed by atoms with Crippen molar-refractivity contribution in [2.75, 3.05) is 0 Å². The van der Waals surface area contributed by atoms with Crippen LogP contribution in [0, 0.1) is 0 Å². The molecule has 0 amide bonds. The Morgan fingerprint density at radius 2 is 1.81 bits per heavy atom. The van der Waals surface area contributed by atoms with Crippen LogP contribution >= 0.6 is 23.2 Å². The fraction of sp³-hybridized carbons (Fsp3) is 0.438. The SMILES string of the molecule is OCc1c(C2CCCC2)nn(Cc2ccc(Cl)cc2)c1Cl. The number of nitrogens with zero attached hydrogens (tertiary/aromatic N) is 2. The van der Waals surface area contributed by atoms with E-state index in [1.165, 1.54) is 12.8 Å². The van der Waals surface area contributed by atoms with Gasteiger partial charge in [-0.15, -0.1) is 0 Å². The van der Waals surface area contributed by atoms with Gasteiger partial charge in [0.25, 0.3) is 0 Å². The van der Waals surface area contributed by atoms with Gasteiger partial charge in [0, 0.05) is 16.5 Å². The van der Waals surface area contributed by atoms with Crippen LogP contribution in [0.1, 0.15) is 48.4 Å². The average Bonchev–Trinajstić information content (AvgIpc) is 3.10. The van der Waals surface area contributed by atoms with Crippen molar-refractivity contribution in [1.29, 1.82) is 0 Å². The van der Waals surface area contributed by atoms with E-state index in [4.69, 9.17) is 23.2 Å². The third-order valence-corrected chi connectivity index (χ3v) is 4.83. The van der Waals surface area contributed by atoms with Gasteiger partial charge in [0.15, 0.2) is 0 Å². The van der Waals surface area contributed by atoms with E-state index in [0.29, 0.717) is 22.6 Å². The normalized spacial score (nSPS) is 15.8. The number of halogens is 2. The standard InChI is InChI=1S/C16H18Cl2N2O/c17-13-7-5-11(6-8-13)9-20-16(18)14(10-21)15(19-20)12-3-1-2-4-12/h5-8,12,21H,1-4,9-10H2. The molecule has 0 unspecified atom stereocenters. The summed E-state index contributed by atoms with van der Waals surface area (Å²) in [4.78, 5) is 0. The number of benzene rings is 1. The second-order valence-electron chi connectivity index (χ2n) is 5.58. The van der Waals surface area contributed by atoms with Gasteiger partial charge in [-0.3, -0.25) is 0 Å². The maximum atomic E-state index is 9.62. The van der Waals surface area contributed by atoms with Crippen LogP contribution in [0.5, 0.6) is 0 Å². The molecule has 5 heteroatoms. The molecule has 1 heterocycles. The summed E-state index contributed by atoms with van der Waals surface area (Å²) in [7, 11) is 0. The van der Waals surface area contributed by atoms with Gasteiger partial charge in [-0.05, 0) is 30.5 Å². The van der Waals surface area contributed by atoms with Gasteiger partial charge >= 0.3 is 0 Å². The summed E-state index contributed by atoms with van der Waals surface area (Å²) in [5.41, 5.74) is 2.86. The molecule has 1 aliphatic rings. The van der Waals surface area contributed by atoms with Crippen molar-refractivity contribution in [2.24, 2.45) is 0 Å². The zero-order chi connectivity index (χ0) is 14.8. The summed E-state index contributed by atoms with van der Waals surface area (Å²) in [6, 6.07) is 7.65. The zero-order valence-corrected chi connectivity index (χ0v) is 13.2. The molecule has 21 heavy (non-hydrogen) atoms. The Hall–Kier alpha value is -1.03. The molecular weight excluding hydrogens is 307 g/mol. The Morgan fingerprint density at radius 3 is 2.43 bits per heavy atom. The van der Waals surface area contributed by atoms with Crippen LogP contribution in [-0.2, 0) is 13.2 Å². The highest BCUT2D eigenvalue weighted by Gasteiger charge is 2.25. The van der Waals surface area contributed by atoms with E-state index in [0.717, 1.165) is 29.7 Å². The second kappa shape index (κ2) is 6.39. The van der Waals surface area contributed by atoms with Crippen molar-refractivity contribution in [3.63, 3.8) is 0 Å². The van der Waals surface area contributed by atoms with E-state index in [1.54, 1.807) is 4.68 Å². The predicted molar refractivity (Wildman–Crippen MR) is 84.9 cm³/mol. The quantitative estimate of drug-likeness (QED) is 0.905. The van der Waals surface area contributed by atoms with Crippen LogP contribution in [0.15, 0.2) is 24.3 Å². The van der Waals surface area contributed by atoms with Crippen LogP contribution in [0.4, 0.5) is 0 Å². The summed E-state index contributed by atoms with van der Waals surface area (Å²) in [5, 5.41) is 15.6. The van der Waals surface area contributed by atoms with E-state index in [9.17, 15) is 5.11 Å². The molecule has 3 nitrogen and oxygen atoms in total. The molecule has 1 N–H and O–H groups in total. The summed E-state index contributed by atoms with van der Waals surface area (Å²) in [6.07, 6.45) is 4.75. The van der Waals surface area contributed by atoms with E-state index in [-0.39, 0.29) is 6.61 Å². The molecule has 2 aromatic rings. The lowest BCUT2D eigenvalue weighted by Crippen LogP contribution is -2.03. The van der Waals surface area contributed by atoms with Crippen LogP contribution in [0.25, 0.3) is 0 Å². The fourth-order valence-corrected chi connectivity index (χ4v) is 3.42. The van der Waals surface area contributed by atoms with Gasteiger partial charge in [-0.2, -0.15) is 5.10 Å². The monoisotopic (exact) mass is 324 g/mol. The minimum atomic E-state index is -0.0503. The van der Waals surface area contributed by atoms with Crippen LogP contribution in [0.2, 0.25) is 10.2 Å². The third kappa shape index (κ3) is 3.10. The van der Waals surface area contributed by atoms with E-state index in [1.807, 2.05) is 24.3 Å². The molecule has 0 bridgehead atoms. The van der Waals surface area contributed by atoms with Crippen LogP contribution in [-0.4, -0.2) is 14.9 Å². The molecule has 3 rings (SSSR count). The molecular formula is C16H18Cl2N2O. The minimum absolute atomic E-state index is 0.0503. The molecule has 0 aliphatic heterocycles. The van der Waals surface area contributed by atoms with Crippen molar-refractivity contribution in [3.8, 4) is 0 Å². The average molecular weight is 325 g/mol. The van der Waals surface area contributed by atoms with Gasteiger partial charge in [0.05, 0.1) is 18.8 Å². The van der Waals surface area contributed by atoms with Crippen molar-refractivity contribution in [1.82, 2.24) is 9.78 Å². The number of hydrogen-bond acceptors (Lipinski definition) is 2.